The molecule has 0 aliphatic heterocycles. The van der Waals surface area contributed by atoms with Gasteiger partial charge >= 0.3 is 5.97 Å². The Kier molecular flexibility index (Phi) is 7.54. The van der Waals surface area contributed by atoms with Crippen LogP contribution in [0.25, 0.3) is 0 Å². The molecule has 0 aromatic carbocycles. The van der Waals surface area contributed by atoms with Crippen LogP contribution in [0.1, 0.15) is 33.6 Å². The smallest absolute Gasteiger partial charge is 0.326 e. The molecule has 0 heterocycles. The van der Waals surface area contributed by atoms with Gasteiger partial charge in [-0.3, -0.25) is 9.59 Å². The number of amides is 1. The maximum atomic E-state index is 11.9. The maximum Gasteiger partial charge on any atom is 0.326 e. The van der Waals surface area contributed by atoms with E-state index >= 15 is 0 Å². The number of carbonyl (C=O) groups excluding carboxylic acids is 2. The van der Waals surface area contributed by atoms with Crippen molar-refractivity contribution in [3.8, 4) is 0 Å². The molecular weight excluding hydrogens is 234 g/mol. The van der Waals surface area contributed by atoms with Crippen LogP contribution in [0.2, 0.25) is 0 Å². The summed E-state index contributed by atoms with van der Waals surface area (Å²) in [5, 5.41) is 5.94. The summed E-state index contributed by atoms with van der Waals surface area (Å²) in [6.45, 7) is 6.45. The number of likely N-dealkylation sites (N-methyl/N-ethyl adjacent to an activating group) is 2. The molecule has 0 aromatic heterocycles. The monoisotopic (exact) mass is 259 g/mol. The highest BCUT2D eigenvalue weighted by Crippen LogP contribution is 2.16. The van der Waals surface area contributed by atoms with Gasteiger partial charge in [0.2, 0.25) is 5.91 Å². The predicted octanol–water partition coefficient (Wildman–Crippen LogP) is -0.229. The van der Waals surface area contributed by atoms with E-state index in [2.05, 4.69) is 10.6 Å². The first-order valence-electron chi connectivity index (χ1n) is 6.30. The second-order valence-corrected chi connectivity index (χ2v) is 4.37. The van der Waals surface area contributed by atoms with Crippen LogP contribution in [-0.2, 0) is 14.3 Å². The highest BCUT2D eigenvalue weighted by Gasteiger charge is 2.34. The normalized spacial score (nSPS) is 15.8. The van der Waals surface area contributed by atoms with Crippen LogP contribution < -0.4 is 16.4 Å². The van der Waals surface area contributed by atoms with E-state index in [9.17, 15) is 9.59 Å². The van der Waals surface area contributed by atoms with Crippen molar-refractivity contribution in [1.82, 2.24) is 10.6 Å². The van der Waals surface area contributed by atoms with E-state index in [0.717, 1.165) is 0 Å². The number of hydrogen-bond donors (Lipinski definition) is 3. The number of nitrogens with two attached hydrogens (primary N) is 1. The quantitative estimate of drug-likeness (QED) is 0.497. The summed E-state index contributed by atoms with van der Waals surface area (Å²) in [6, 6.07) is -0.433. The molecule has 2 unspecified atom stereocenters. The van der Waals surface area contributed by atoms with Crippen molar-refractivity contribution < 1.29 is 14.3 Å². The van der Waals surface area contributed by atoms with Crippen molar-refractivity contribution in [2.75, 3.05) is 20.2 Å². The minimum atomic E-state index is -0.782. The van der Waals surface area contributed by atoms with Gasteiger partial charge in [0.1, 0.15) is 5.54 Å². The number of hydrogen-bond acceptors (Lipinski definition) is 5. The molecular formula is C12H25N3O3. The zero-order valence-corrected chi connectivity index (χ0v) is 11.7. The van der Waals surface area contributed by atoms with Gasteiger partial charge in [-0.05, 0) is 40.3 Å². The van der Waals surface area contributed by atoms with Gasteiger partial charge in [0.15, 0.2) is 0 Å². The molecule has 2 atom stereocenters. The van der Waals surface area contributed by atoms with Crippen molar-refractivity contribution in [3.63, 3.8) is 0 Å². The first-order chi connectivity index (χ1) is 8.41. The molecule has 0 aliphatic rings. The van der Waals surface area contributed by atoms with Crippen molar-refractivity contribution in [3.05, 3.63) is 0 Å². The Labute approximate surface area is 109 Å². The first kappa shape index (κ1) is 16.9. The number of esters is 1. The largest absolute Gasteiger partial charge is 0.465 e. The van der Waals surface area contributed by atoms with E-state index in [1.165, 1.54) is 0 Å². The lowest BCUT2D eigenvalue weighted by Gasteiger charge is -2.29. The van der Waals surface area contributed by atoms with Gasteiger partial charge in [-0.15, -0.1) is 0 Å². The van der Waals surface area contributed by atoms with Gasteiger partial charge in [0.25, 0.3) is 0 Å². The summed E-state index contributed by atoms with van der Waals surface area (Å²) in [5.74, 6) is -0.716. The number of primary amides is 1. The molecule has 0 saturated carbocycles. The van der Waals surface area contributed by atoms with Gasteiger partial charge in [-0.2, -0.15) is 0 Å². The lowest BCUT2D eigenvalue weighted by Crippen LogP contribution is -2.52. The van der Waals surface area contributed by atoms with Crippen molar-refractivity contribution in [1.29, 1.82) is 0 Å². The molecule has 0 radical (unpaired) electrons. The van der Waals surface area contributed by atoms with E-state index in [1.54, 1.807) is 20.9 Å². The van der Waals surface area contributed by atoms with Crippen LogP contribution in [0, 0.1) is 0 Å². The Hall–Kier alpha value is -1.14. The number of carbonyl (C=O) groups is 2. The minimum absolute atomic E-state index is 0.300. The van der Waals surface area contributed by atoms with Gasteiger partial charge in [-0.1, -0.05) is 6.92 Å². The Morgan fingerprint density at radius 3 is 2.39 bits per heavy atom. The molecule has 0 saturated heterocycles. The minimum Gasteiger partial charge on any atom is -0.465 e. The predicted molar refractivity (Wildman–Crippen MR) is 70.0 cm³/mol. The molecule has 0 rings (SSSR count). The fourth-order valence-electron chi connectivity index (χ4n) is 1.81. The molecule has 106 valence electrons. The van der Waals surface area contributed by atoms with Crippen LogP contribution in [0.15, 0.2) is 0 Å². The van der Waals surface area contributed by atoms with E-state index < -0.39 is 17.5 Å². The second kappa shape index (κ2) is 8.05. The van der Waals surface area contributed by atoms with Crippen LogP contribution in [0.4, 0.5) is 0 Å². The molecule has 0 aliphatic carbocycles. The highest BCUT2D eigenvalue weighted by molar-refractivity contribution is 5.81. The fourth-order valence-corrected chi connectivity index (χ4v) is 1.81. The Bertz CT molecular complexity index is 284. The fraction of sp³-hybridized carbons (Fsp3) is 0.833. The maximum absolute atomic E-state index is 11.9. The molecule has 18 heavy (non-hydrogen) atoms. The second-order valence-electron chi connectivity index (χ2n) is 4.37. The van der Waals surface area contributed by atoms with Crippen molar-refractivity contribution >= 4 is 11.9 Å². The van der Waals surface area contributed by atoms with Crippen LogP contribution in [-0.4, -0.2) is 43.7 Å². The van der Waals surface area contributed by atoms with Gasteiger partial charge < -0.3 is 21.1 Å². The number of ether oxygens (including phenoxy) is 1. The lowest BCUT2D eigenvalue weighted by molar-refractivity contribution is -0.151. The third-order valence-corrected chi connectivity index (χ3v) is 2.92. The zero-order chi connectivity index (χ0) is 14.2. The van der Waals surface area contributed by atoms with Crippen molar-refractivity contribution in [2.24, 2.45) is 5.73 Å². The molecule has 4 N–H and O–H groups in total. The average molecular weight is 259 g/mol. The van der Waals surface area contributed by atoms with Crippen LogP contribution >= 0.6 is 0 Å². The molecule has 1 amide bonds. The third-order valence-electron chi connectivity index (χ3n) is 2.92. The molecule has 0 fully saturated rings. The van der Waals surface area contributed by atoms with E-state index in [4.69, 9.17) is 10.5 Å². The molecule has 0 spiro atoms. The Balaban J connectivity index is 4.60. The van der Waals surface area contributed by atoms with E-state index in [0.29, 0.717) is 26.0 Å². The highest BCUT2D eigenvalue weighted by atomic mass is 16.5. The SMILES string of the molecule is CCNC(C)(CCC(NC)C(N)=O)C(=O)OCC. The average Bonchev–Trinajstić information content (AvgIpc) is 2.30. The van der Waals surface area contributed by atoms with Crippen LogP contribution in [0.3, 0.4) is 0 Å². The van der Waals surface area contributed by atoms with Gasteiger partial charge in [-0.25, -0.2) is 0 Å². The third kappa shape index (κ3) is 5.01. The number of rotatable bonds is 9. The summed E-state index contributed by atoms with van der Waals surface area (Å²) < 4.78 is 5.05. The Morgan fingerprint density at radius 2 is 2.00 bits per heavy atom. The summed E-state index contributed by atoms with van der Waals surface area (Å²) >= 11 is 0. The first-order valence-corrected chi connectivity index (χ1v) is 6.30. The summed E-state index contributed by atoms with van der Waals surface area (Å²) in [4.78, 5) is 23.0. The van der Waals surface area contributed by atoms with E-state index in [-0.39, 0.29) is 5.97 Å². The topological polar surface area (TPSA) is 93.5 Å². The molecule has 6 nitrogen and oxygen atoms in total. The zero-order valence-electron chi connectivity index (χ0n) is 11.7. The molecule has 6 heteroatoms. The van der Waals surface area contributed by atoms with Crippen molar-refractivity contribution in [2.45, 2.75) is 45.2 Å². The van der Waals surface area contributed by atoms with Gasteiger partial charge in [0.05, 0.1) is 12.6 Å². The summed E-state index contributed by atoms with van der Waals surface area (Å²) in [6.07, 6.45) is 0.961. The number of nitrogens with one attached hydrogen (secondary N) is 2. The molecule has 0 aromatic rings. The summed E-state index contributed by atoms with van der Waals surface area (Å²) in [5.41, 5.74) is 4.46. The van der Waals surface area contributed by atoms with E-state index in [1.807, 2.05) is 6.92 Å². The standard InChI is InChI=1S/C12H25N3O3/c1-5-15-12(3,11(17)18-6-2)8-7-9(14-4)10(13)16/h9,14-15H,5-8H2,1-4H3,(H2,13,16). The lowest BCUT2D eigenvalue weighted by atomic mass is 9.93. The van der Waals surface area contributed by atoms with Gasteiger partial charge in [0, 0.05) is 0 Å². The summed E-state index contributed by atoms with van der Waals surface area (Å²) in [7, 11) is 1.67. The molecule has 0 bridgehead atoms. The van der Waals surface area contributed by atoms with Crippen LogP contribution in [0.5, 0.6) is 0 Å². The Morgan fingerprint density at radius 1 is 1.39 bits per heavy atom.